The second kappa shape index (κ2) is 5.43. The van der Waals surface area contributed by atoms with E-state index in [0.29, 0.717) is 34.0 Å². The number of hydrogen-bond acceptors (Lipinski definition) is 5. The highest BCUT2D eigenvalue weighted by molar-refractivity contribution is 7.92. The van der Waals surface area contributed by atoms with E-state index in [1.54, 1.807) is 24.3 Å². The Labute approximate surface area is 131 Å². The van der Waals surface area contributed by atoms with Crippen LogP contribution in [0.2, 0.25) is 0 Å². The second-order valence-corrected chi connectivity index (χ2v) is 6.71. The van der Waals surface area contributed by atoms with Crippen LogP contribution in [-0.2, 0) is 10.0 Å². The molecule has 0 radical (unpaired) electrons. The molecular formula is C14H14N4O4S. The molecule has 0 spiro atoms. The van der Waals surface area contributed by atoms with E-state index in [0.717, 1.165) is 6.26 Å². The lowest BCUT2D eigenvalue weighted by Gasteiger charge is -2.09. The van der Waals surface area contributed by atoms with Crippen LogP contribution < -0.4 is 15.0 Å². The van der Waals surface area contributed by atoms with Crippen molar-refractivity contribution in [3.8, 4) is 17.1 Å². The smallest absolute Gasteiger partial charge is 0.249 e. The van der Waals surface area contributed by atoms with Crippen molar-refractivity contribution < 1.29 is 13.2 Å². The average molecular weight is 334 g/mol. The highest BCUT2D eigenvalue weighted by Gasteiger charge is 2.13. The minimum absolute atomic E-state index is 0.241. The number of hydrogen-bond donors (Lipinski definition) is 3. The molecule has 9 heteroatoms. The molecule has 3 N–H and O–H groups in total. The van der Waals surface area contributed by atoms with Crippen molar-refractivity contribution in [2.75, 3.05) is 18.1 Å². The lowest BCUT2D eigenvalue weighted by atomic mass is 10.1. The molecule has 23 heavy (non-hydrogen) atoms. The number of fused-ring (bicyclic) bond motifs is 1. The summed E-state index contributed by atoms with van der Waals surface area (Å²) in [7, 11) is -1.89. The first-order chi connectivity index (χ1) is 10.9. The quantitative estimate of drug-likeness (QED) is 0.665. The summed E-state index contributed by atoms with van der Waals surface area (Å²) in [5, 5.41) is 0. The van der Waals surface area contributed by atoms with Crippen LogP contribution in [0, 0.1) is 0 Å². The third-order valence-corrected chi connectivity index (χ3v) is 3.74. The highest BCUT2D eigenvalue weighted by atomic mass is 32.2. The summed E-state index contributed by atoms with van der Waals surface area (Å²) in [5.74, 6) is 0.949. The standard InChI is InChI=1S/C14H14N4O4S/c1-22-11-7-8(18-23(2,20)21)3-4-9(11)13-15-10-5-6-12(19)16-14(10)17-13/h3-7,18H,1-2H3,(H2,15,16,17,19). The van der Waals surface area contributed by atoms with Crippen molar-refractivity contribution in [1.82, 2.24) is 15.0 Å². The normalized spacial score (nSPS) is 11.6. The maximum atomic E-state index is 11.3. The van der Waals surface area contributed by atoms with Gasteiger partial charge in [-0.15, -0.1) is 0 Å². The number of aromatic amines is 2. The average Bonchev–Trinajstić information content (AvgIpc) is 2.88. The molecule has 0 fully saturated rings. The predicted molar refractivity (Wildman–Crippen MR) is 87.2 cm³/mol. The van der Waals surface area contributed by atoms with E-state index in [9.17, 15) is 13.2 Å². The number of pyridine rings is 1. The maximum absolute atomic E-state index is 11.3. The molecule has 0 saturated heterocycles. The van der Waals surface area contributed by atoms with Gasteiger partial charge in [0.1, 0.15) is 11.6 Å². The molecule has 0 aliphatic rings. The van der Waals surface area contributed by atoms with Gasteiger partial charge in [0.2, 0.25) is 15.6 Å². The van der Waals surface area contributed by atoms with Gasteiger partial charge in [0.05, 0.1) is 30.1 Å². The Morgan fingerprint density at radius 1 is 1.17 bits per heavy atom. The van der Waals surface area contributed by atoms with Gasteiger partial charge in [-0.25, -0.2) is 13.4 Å². The van der Waals surface area contributed by atoms with Gasteiger partial charge in [-0.3, -0.25) is 9.52 Å². The Balaban J connectivity index is 2.08. The van der Waals surface area contributed by atoms with Crippen LogP contribution in [-0.4, -0.2) is 36.7 Å². The highest BCUT2D eigenvalue weighted by Crippen LogP contribution is 2.31. The SMILES string of the molecule is COc1cc(NS(C)(=O)=O)ccc1-c1nc2[nH]c(=O)ccc2[nH]1. The van der Waals surface area contributed by atoms with Crippen molar-refractivity contribution in [2.24, 2.45) is 0 Å². The molecule has 0 unspecified atom stereocenters. The lowest BCUT2D eigenvalue weighted by Crippen LogP contribution is -2.09. The first-order valence-electron chi connectivity index (χ1n) is 6.61. The molecule has 0 amide bonds. The van der Waals surface area contributed by atoms with E-state index in [1.165, 1.54) is 13.2 Å². The Hall–Kier alpha value is -2.81. The fraction of sp³-hybridized carbons (Fsp3) is 0.143. The van der Waals surface area contributed by atoms with Crippen LogP contribution in [0.15, 0.2) is 35.1 Å². The Bertz CT molecular complexity index is 1040. The molecule has 2 aromatic heterocycles. The molecule has 3 rings (SSSR count). The topological polar surface area (TPSA) is 117 Å². The van der Waals surface area contributed by atoms with E-state index in [4.69, 9.17) is 4.74 Å². The predicted octanol–water partition coefficient (Wildman–Crippen LogP) is 1.30. The summed E-state index contributed by atoms with van der Waals surface area (Å²) in [4.78, 5) is 21.4. The first kappa shape index (κ1) is 15.1. The zero-order valence-corrected chi connectivity index (χ0v) is 13.2. The zero-order valence-electron chi connectivity index (χ0n) is 12.4. The number of methoxy groups -OCH3 is 1. The van der Waals surface area contributed by atoms with Gasteiger partial charge in [0, 0.05) is 12.1 Å². The van der Waals surface area contributed by atoms with Crippen LogP contribution in [0.4, 0.5) is 5.69 Å². The lowest BCUT2D eigenvalue weighted by molar-refractivity contribution is 0.416. The van der Waals surface area contributed by atoms with Gasteiger partial charge in [0.25, 0.3) is 0 Å². The van der Waals surface area contributed by atoms with Gasteiger partial charge >= 0.3 is 0 Å². The molecule has 1 aromatic carbocycles. The molecule has 0 bridgehead atoms. The number of benzene rings is 1. The molecule has 120 valence electrons. The van der Waals surface area contributed by atoms with Crippen LogP contribution in [0.25, 0.3) is 22.6 Å². The van der Waals surface area contributed by atoms with Gasteiger partial charge in [-0.2, -0.15) is 0 Å². The summed E-state index contributed by atoms with van der Waals surface area (Å²) in [6, 6.07) is 7.89. The number of nitrogens with zero attached hydrogens (tertiary/aromatic N) is 1. The number of aromatic nitrogens is 3. The minimum atomic E-state index is -3.37. The van der Waals surface area contributed by atoms with Gasteiger partial charge in [-0.1, -0.05) is 0 Å². The molecule has 8 nitrogen and oxygen atoms in total. The molecular weight excluding hydrogens is 320 g/mol. The zero-order chi connectivity index (χ0) is 16.6. The first-order valence-corrected chi connectivity index (χ1v) is 8.50. The summed E-state index contributed by atoms with van der Waals surface area (Å²) in [6.45, 7) is 0. The summed E-state index contributed by atoms with van der Waals surface area (Å²) < 4.78 is 30.3. The van der Waals surface area contributed by atoms with Crippen molar-refractivity contribution in [2.45, 2.75) is 0 Å². The molecule has 0 atom stereocenters. The van der Waals surface area contributed by atoms with Crippen molar-refractivity contribution >= 4 is 26.9 Å². The molecule has 0 saturated carbocycles. The molecule has 2 heterocycles. The van der Waals surface area contributed by atoms with Crippen LogP contribution in [0.3, 0.4) is 0 Å². The second-order valence-electron chi connectivity index (χ2n) is 4.96. The van der Waals surface area contributed by atoms with Crippen molar-refractivity contribution in [1.29, 1.82) is 0 Å². The van der Waals surface area contributed by atoms with E-state index in [1.807, 2.05) is 0 Å². The van der Waals surface area contributed by atoms with Crippen LogP contribution in [0.5, 0.6) is 5.75 Å². The number of sulfonamides is 1. The van der Waals surface area contributed by atoms with Gasteiger partial charge in [-0.05, 0) is 18.2 Å². The Morgan fingerprint density at radius 2 is 1.96 bits per heavy atom. The number of ether oxygens (including phenoxy) is 1. The number of rotatable bonds is 4. The number of imidazole rings is 1. The van der Waals surface area contributed by atoms with E-state index in [-0.39, 0.29) is 5.56 Å². The third-order valence-electron chi connectivity index (χ3n) is 3.13. The Kier molecular flexibility index (Phi) is 3.57. The molecule has 3 aromatic rings. The fourth-order valence-corrected chi connectivity index (χ4v) is 2.77. The Morgan fingerprint density at radius 3 is 2.65 bits per heavy atom. The van der Waals surface area contributed by atoms with E-state index in [2.05, 4.69) is 19.7 Å². The van der Waals surface area contributed by atoms with Gasteiger partial charge in [0.15, 0.2) is 5.65 Å². The summed E-state index contributed by atoms with van der Waals surface area (Å²) >= 11 is 0. The summed E-state index contributed by atoms with van der Waals surface area (Å²) in [6.07, 6.45) is 1.07. The molecule has 0 aliphatic carbocycles. The minimum Gasteiger partial charge on any atom is -0.496 e. The maximum Gasteiger partial charge on any atom is 0.249 e. The molecule has 0 aliphatic heterocycles. The van der Waals surface area contributed by atoms with Gasteiger partial charge < -0.3 is 14.7 Å². The number of H-pyrrole nitrogens is 2. The fourth-order valence-electron chi connectivity index (χ4n) is 2.21. The van der Waals surface area contributed by atoms with Crippen molar-refractivity contribution in [3.63, 3.8) is 0 Å². The van der Waals surface area contributed by atoms with Crippen molar-refractivity contribution in [3.05, 3.63) is 40.7 Å². The van der Waals surface area contributed by atoms with Crippen LogP contribution >= 0.6 is 0 Å². The van der Waals surface area contributed by atoms with E-state index >= 15 is 0 Å². The number of nitrogens with one attached hydrogen (secondary N) is 3. The number of anilines is 1. The van der Waals surface area contributed by atoms with Crippen LogP contribution in [0.1, 0.15) is 0 Å². The van der Waals surface area contributed by atoms with E-state index < -0.39 is 10.0 Å². The monoisotopic (exact) mass is 334 g/mol. The third kappa shape index (κ3) is 3.19. The summed E-state index contributed by atoms with van der Waals surface area (Å²) in [5.41, 5.74) is 1.91. The largest absolute Gasteiger partial charge is 0.496 e.